The van der Waals surface area contributed by atoms with Crippen molar-refractivity contribution in [2.75, 3.05) is 19.3 Å². The molecule has 0 bridgehead atoms. The molecule has 0 saturated carbocycles. The number of fused-ring (bicyclic) bond motifs is 1. The molecule has 0 unspecified atom stereocenters. The molecule has 2 heterocycles. The first-order valence-corrected chi connectivity index (χ1v) is 7.87. The van der Waals surface area contributed by atoms with Gasteiger partial charge in [0.05, 0.1) is 5.52 Å². The molecule has 3 rings (SSSR count). The highest BCUT2D eigenvalue weighted by atomic mass is 32.2. The van der Waals surface area contributed by atoms with E-state index >= 15 is 0 Å². The molecule has 1 atom stereocenters. The van der Waals surface area contributed by atoms with Crippen LogP contribution in [-0.2, 0) is 11.3 Å². The number of benzene rings is 1. The molecule has 5 nitrogen and oxygen atoms in total. The molecule has 1 amide bonds. The van der Waals surface area contributed by atoms with E-state index in [-0.39, 0.29) is 12.5 Å². The molecule has 1 aromatic heterocycles. The van der Waals surface area contributed by atoms with Crippen molar-refractivity contribution in [3.63, 3.8) is 0 Å². The van der Waals surface area contributed by atoms with Gasteiger partial charge in [-0.3, -0.25) is 9.36 Å². The van der Waals surface area contributed by atoms with E-state index in [1.54, 1.807) is 30.0 Å². The van der Waals surface area contributed by atoms with E-state index in [0.29, 0.717) is 16.3 Å². The third-order valence-electron chi connectivity index (χ3n) is 3.70. The molecule has 0 aliphatic carbocycles. The minimum absolute atomic E-state index is 0.0183. The first kappa shape index (κ1) is 13.3. The second kappa shape index (κ2) is 5.36. The Morgan fingerprint density at radius 3 is 3.00 bits per heavy atom. The number of hydrogen-bond acceptors (Lipinski definition) is 4. The topological polar surface area (TPSA) is 55.5 Å². The van der Waals surface area contributed by atoms with Gasteiger partial charge in [-0.05, 0) is 24.8 Å². The van der Waals surface area contributed by atoms with Gasteiger partial charge < -0.3 is 9.32 Å². The van der Waals surface area contributed by atoms with Gasteiger partial charge in [0.25, 0.3) is 0 Å². The number of carbonyl (C=O) groups is 1. The number of nitrogens with zero attached hydrogens (tertiary/aromatic N) is 2. The normalized spacial score (nSPS) is 18.9. The molecule has 20 heavy (non-hydrogen) atoms. The summed E-state index contributed by atoms with van der Waals surface area (Å²) in [5.74, 6) is -0.490. The van der Waals surface area contributed by atoms with Crippen LogP contribution in [-0.4, -0.2) is 40.0 Å². The molecule has 1 aliphatic rings. The van der Waals surface area contributed by atoms with E-state index in [9.17, 15) is 9.59 Å². The summed E-state index contributed by atoms with van der Waals surface area (Å²) in [4.78, 5) is 25.9. The van der Waals surface area contributed by atoms with Crippen molar-refractivity contribution in [2.24, 2.45) is 0 Å². The number of aromatic nitrogens is 1. The molecule has 0 N–H and O–H groups in total. The van der Waals surface area contributed by atoms with Crippen molar-refractivity contribution in [1.29, 1.82) is 0 Å². The van der Waals surface area contributed by atoms with Crippen LogP contribution >= 0.6 is 11.8 Å². The number of carbonyl (C=O) groups excluding carboxylic acids is 1. The largest absolute Gasteiger partial charge is 0.420 e. The van der Waals surface area contributed by atoms with Crippen LogP contribution in [0.3, 0.4) is 0 Å². The Balaban J connectivity index is 1.81. The van der Waals surface area contributed by atoms with Gasteiger partial charge in [0.2, 0.25) is 5.91 Å². The molecule has 1 aliphatic heterocycles. The van der Waals surface area contributed by atoms with Gasteiger partial charge in [-0.1, -0.05) is 12.1 Å². The van der Waals surface area contributed by atoms with Crippen LogP contribution in [0.25, 0.3) is 11.1 Å². The number of likely N-dealkylation sites (tertiary alicyclic amines) is 1. The maximum atomic E-state index is 12.3. The maximum absolute atomic E-state index is 12.3. The SMILES string of the molecule is CS[C@@H]1CCN(C(=O)Cn2c(=O)oc3ccccc32)C1. The van der Waals surface area contributed by atoms with Crippen LogP contribution in [0.4, 0.5) is 0 Å². The monoisotopic (exact) mass is 292 g/mol. The van der Waals surface area contributed by atoms with Crippen molar-refractivity contribution in [3.8, 4) is 0 Å². The average Bonchev–Trinajstić information content (AvgIpc) is 3.04. The predicted molar refractivity (Wildman–Crippen MR) is 79.0 cm³/mol. The summed E-state index contributed by atoms with van der Waals surface area (Å²) in [5, 5.41) is 0.511. The standard InChI is InChI=1S/C14H16N2O3S/c1-20-10-6-7-15(8-10)13(17)9-16-11-4-2-3-5-12(11)19-14(16)18/h2-5,10H,6-9H2,1H3/t10-/m1/s1. The summed E-state index contributed by atoms with van der Waals surface area (Å²) in [5.41, 5.74) is 1.19. The Morgan fingerprint density at radius 2 is 2.25 bits per heavy atom. The van der Waals surface area contributed by atoms with E-state index < -0.39 is 5.76 Å². The molecular formula is C14H16N2O3S. The molecule has 0 spiro atoms. The van der Waals surface area contributed by atoms with Gasteiger partial charge in [0.1, 0.15) is 6.54 Å². The smallest absolute Gasteiger partial charge is 0.408 e. The predicted octanol–water partition coefficient (Wildman–Crippen LogP) is 1.56. The zero-order chi connectivity index (χ0) is 14.1. The second-order valence-corrected chi connectivity index (χ2v) is 6.05. The Kier molecular flexibility index (Phi) is 3.56. The van der Waals surface area contributed by atoms with Gasteiger partial charge in [-0.15, -0.1) is 0 Å². The molecule has 1 saturated heterocycles. The van der Waals surface area contributed by atoms with E-state index in [1.807, 2.05) is 11.0 Å². The van der Waals surface area contributed by atoms with Crippen LogP contribution in [0, 0.1) is 0 Å². The third-order valence-corrected chi connectivity index (χ3v) is 4.75. The summed E-state index contributed by atoms with van der Waals surface area (Å²) < 4.78 is 6.54. The summed E-state index contributed by atoms with van der Waals surface area (Å²) in [7, 11) is 0. The Morgan fingerprint density at radius 1 is 1.45 bits per heavy atom. The zero-order valence-corrected chi connectivity index (χ0v) is 12.1. The number of hydrogen-bond donors (Lipinski definition) is 0. The number of amides is 1. The third kappa shape index (κ3) is 2.35. The average molecular weight is 292 g/mol. The van der Waals surface area contributed by atoms with Crippen LogP contribution in [0.5, 0.6) is 0 Å². The Hall–Kier alpha value is -1.69. The van der Waals surface area contributed by atoms with Crippen LogP contribution in [0.15, 0.2) is 33.5 Å². The maximum Gasteiger partial charge on any atom is 0.420 e. The molecule has 1 aromatic carbocycles. The fourth-order valence-electron chi connectivity index (χ4n) is 2.55. The van der Waals surface area contributed by atoms with Crippen molar-refractivity contribution < 1.29 is 9.21 Å². The van der Waals surface area contributed by atoms with Gasteiger partial charge in [0.15, 0.2) is 5.58 Å². The quantitative estimate of drug-likeness (QED) is 0.861. The van der Waals surface area contributed by atoms with Crippen molar-refractivity contribution in [2.45, 2.75) is 18.2 Å². The molecule has 1 fully saturated rings. The summed E-state index contributed by atoms with van der Waals surface area (Å²) in [6.45, 7) is 1.59. The summed E-state index contributed by atoms with van der Waals surface area (Å²) in [6.07, 6.45) is 3.08. The highest BCUT2D eigenvalue weighted by Gasteiger charge is 2.26. The summed E-state index contributed by atoms with van der Waals surface area (Å²) >= 11 is 1.79. The van der Waals surface area contributed by atoms with Crippen molar-refractivity contribution in [1.82, 2.24) is 9.47 Å². The van der Waals surface area contributed by atoms with Gasteiger partial charge in [-0.2, -0.15) is 11.8 Å². The summed E-state index contributed by atoms with van der Waals surface area (Å²) in [6, 6.07) is 7.17. The molecule has 6 heteroatoms. The highest BCUT2D eigenvalue weighted by molar-refractivity contribution is 7.99. The van der Waals surface area contributed by atoms with E-state index in [4.69, 9.17) is 4.42 Å². The zero-order valence-electron chi connectivity index (χ0n) is 11.2. The lowest BCUT2D eigenvalue weighted by Gasteiger charge is -2.16. The number of thioether (sulfide) groups is 1. The first-order valence-electron chi connectivity index (χ1n) is 6.58. The number of rotatable bonds is 3. The number of oxazole rings is 1. The van der Waals surface area contributed by atoms with Crippen LogP contribution < -0.4 is 5.76 Å². The highest BCUT2D eigenvalue weighted by Crippen LogP contribution is 2.20. The minimum atomic E-state index is -0.472. The number of para-hydroxylation sites is 2. The minimum Gasteiger partial charge on any atom is -0.408 e. The fourth-order valence-corrected chi connectivity index (χ4v) is 3.22. The fraction of sp³-hybridized carbons (Fsp3) is 0.429. The van der Waals surface area contributed by atoms with E-state index in [1.165, 1.54) is 4.57 Å². The lowest BCUT2D eigenvalue weighted by Crippen LogP contribution is -2.34. The molecular weight excluding hydrogens is 276 g/mol. The van der Waals surface area contributed by atoms with Gasteiger partial charge >= 0.3 is 5.76 Å². The van der Waals surface area contributed by atoms with Gasteiger partial charge in [-0.25, -0.2) is 4.79 Å². The van der Waals surface area contributed by atoms with Crippen LogP contribution in [0.1, 0.15) is 6.42 Å². The lowest BCUT2D eigenvalue weighted by atomic mass is 10.3. The first-order chi connectivity index (χ1) is 9.69. The van der Waals surface area contributed by atoms with E-state index in [0.717, 1.165) is 19.5 Å². The molecule has 2 aromatic rings. The lowest BCUT2D eigenvalue weighted by molar-refractivity contribution is -0.130. The van der Waals surface area contributed by atoms with Gasteiger partial charge in [0, 0.05) is 18.3 Å². The molecule has 0 radical (unpaired) electrons. The Bertz CT molecular complexity index is 691. The van der Waals surface area contributed by atoms with Crippen molar-refractivity contribution >= 4 is 28.8 Å². The second-order valence-electron chi connectivity index (χ2n) is 4.91. The van der Waals surface area contributed by atoms with Crippen molar-refractivity contribution in [3.05, 3.63) is 34.8 Å². The van der Waals surface area contributed by atoms with E-state index in [2.05, 4.69) is 6.26 Å². The molecule has 106 valence electrons. The Labute approximate surface area is 120 Å². The van der Waals surface area contributed by atoms with Crippen LogP contribution in [0.2, 0.25) is 0 Å².